The molecule has 0 bridgehead atoms. The summed E-state index contributed by atoms with van der Waals surface area (Å²) in [4.78, 5) is 26.1. The third kappa shape index (κ3) is 4.52. The number of aromatic amines is 1. The van der Waals surface area contributed by atoms with Gasteiger partial charge in [0.2, 0.25) is 15.9 Å². The van der Waals surface area contributed by atoms with Crippen LogP contribution in [0, 0.1) is 26.6 Å². The van der Waals surface area contributed by atoms with Crippen molar-refractivity contribution in [1.29, 1.82) is 0 Å². The van der Waals surface area contributed by atoms with Crippen molar-refractivity contribution in [2.45, 2.75) is 25.7 Å². The van der Waals surface area contributed by atoms with Crippen LogP contribution in [0.5, 0.6) is 0 Å². The molecule has 3 N–H and O–H groups in total. The Bertz CT molecular complexity index is 983. The van der Waals surface area contributed by atoms with Gasteiger partial charge in [0.1, 0.15) is 11.5 Å². The van der Waals surface area contributed by atoms with Gasteiger partial charge in [0.05, 0.1) is 11.4 Å². The first-order valence-electron chi connectivity index (χ1n) is 7.36. The lowest BCUT2D eigenvalue weighted by Gasteiger charge is -2.09. The number of carbonyl (C=O) groups excluding carboxylic acids is 1. The zero-order valence-electron chi connectivity index (χ0n) is 13.9. The van der Waals surface area contributed by atoms with Crippen molar-refractivity contribution in [3.63, 3.8) is 0 Å². The predicted molar refractivity (Wildman–Crippen MR) is 91.5 cm³/mol. The normalized spacial score (nSPS) is 11.4. The summed E-state index contributed by atoms with van der Waals surface area (Å²) < 4.78 is 39.6. The Hall–Kier alpha value is -2.52. The van der Waals surface area contributed by atoms with Crippen LogP contribution in [0.1, 0.15) is 16.8 Å². The van der Waals surface area contributed by atoms with E-state index in [0.29, 0.717) is 5.69 Å². The number of rotatable bonds is 5. The average molecular weight is 367 g/mol. The van der Waals surface area contributed by atoms with Crippen LogP contribution in [-0.2, 0) is 14.8 Å². The van der Waals surface area contributed by atoms with Crippen LogP contribution in [0.15, 0.2) is 34.0 Å². The highest BCUT2D eigenvalue weighted by Crippen LogP contribution is 2.14. The van der Waals surface area contributed by atoms with Crippen molar-refractivity contribution in [2.24, 2.45) is 0 Å². The Balaban J connectivity index is 2.07. The minimum Gasteiger partial charge on any atom is -0.324 e. The van der Waals surface area contributed by atoms with Crippen LogP contribution in [-0.4, -0.2) is 25.9 Å². The van der Waals surface area contributed by atoms with Gasteiger partial charge in [-0.3, -0.25) is 9.59 Å². The molecule has 0 aliphatic rings. The SMILES string of the molecule is Cc1cc(S(=O)(=O)NCC(=O)Nc2cc(C)c(C)[nH]c2=O)ccc1F. The molecule has 0 unspecified atom stereocenters. The highest BCUT2D eigenvalue weighted by Gasteiger charge is 2.17. The Morgan fingerprint density at radius 3 is 2.48 bits per heavy atom. The molecular formula is C16H18FN3O4S. The maximum absolute atomic E-state index is 13.2. The first-order valence-corrected chi connectivity index (χ1v) is 8.84. The van der Waals surface area contributed by atoms with Crippen LogP contribution in [0.4, 0.5) is 10.1 Å². The molecule has 134 valence electrons. The van der Waals surface area contributed by atoms with Gasteiger partial charge in [0.25, 0.3) is 5.56 Å². The number of H-pyrrole nitrogens is 1. The summed E-state index contributed by atoms with van der Waals surface area (Å²) in [6, 6.07) is 4.82. The topological polar surface area (TPSA) is 108 Å². The minimum absolute atomic E-state index is 0.0323. The van der Waals surface area contributed by atoms with Crippen LogP contribution in [0.25, 0.3) is 0 Å². The molecule has 0 spiro atoms. The number of benzene rings is 1. The van der Waals surface area contributed by atoms with Gasteiger partial charge in [-0.1, -0.05) is 0 Å². The van der Waals surface area contributed by atoms with Gasteiger partial charge in [-0.05, 0) is 56.2 Å². The molecule has 0 fully saturated rings. The molecule has 2 rings (SSSR count). The summed E-state index contributed by atoms with van der Waals surface area (Å²) >= 11 is 0. The number of halogens is 1. The molecule has 2 aromatic rings. The lowest BCUT2D eigenvalue weighted by Crippen LogP contribution is -2.34. The largest absolute Gasteiger partial charge is 0.324 e. The first-order chi connectivity index (χ1) is 11.6. The molecule has 25 heavy (non-hydrogen) atoms. The Morgan fingerprint density at radius 1 is 1.16 bits per heavy atom. The molecule has 0 radical (unpaired) electrons. The maximum atomic E-state index is 13.2. The molecule has 9 heteroatoms. The Morgan fingerprint density at radius 2 is 1.84 bits per heavy atom. The van der Waals surface area contributed by atoms with Gasteiger partial charge in [0.15, 0.2) is 0 Å². The third-order valence-corrected chi connectivity index (χ3v) is 5.03. The van der Waals surface area contributed by atoms with Gasteiger partial charge in [-0.2, -0.15) is 0 Å². The molecular weight excluding hydrogens is 349 g/mol. The number of carbonyl (C=O) groups is 1. The molecule has 0 saturated carbocycles. The zero-order chi connectivity index (χ0) is 18.8. The van der Waals surface area contributed by atoms with Gasteiger partial charge in [0, 0.05) is 5.69 Å². The quantitative estimate of drug-likeness (QED) is 0.741. The van der Waals surface area contributed by atoms with E-state index >= 15 is 0 Å². The number of aryl methyl sites for hydroxylation is 3. The van der Waals surface area contributed by atoms with Crippen LogP contribution in [0.2, 0.25) is 0 Å². The molecule has 0 atom stereocenters. The summed E-state index contributed by atoms with van der Waals surface area (Å²) in [7, 11) is -3.98. The van der Waals surface area contributed by atoms with Gasteiger partial charge in [-0.15, -0.1) is 0 Å². The fourth-order valence-electron chi connectivity index (χ4n) is 2.04. The van der Waals surface area contributed by atoms with E-state index in [1.54, 1.807) is 13.8 Å². The van der Waals surface area contributed by atoms with Crippen molar-refractivity contribution in [1.82, 2.24) is 9.71 Å². The van der Waals surface area contributed by atoms with E-state index in [4.69, 9.17) is 0 Å². The van der Waals surface area contributed by atoms with E-state index in [2.05, 4.69) is 15.0 Å². The van der Waals surface area contributed by atoms with Crippen LogP contribution >= 0.6 is 0 Å². The Kier molecular flexibility index (Phi) is 5.39. The average Bonchev–Trinajstić information content (AvgIpc) is 2.53. The number of hydrogen-bond donors (Lipinski definition) is 3. The van der Waals surface area contributed by atoms with E-state index in [-0.39, 0.29) is 16.1 Å². The standard InChI is InChI=1S/C16H18FN3O4S/c1-9-7-14(16(22)19-11(9)3)20-15(21)8-18-25(23,24)12-4-5-13(17)10(2)6-12/h4-7,18H,8H2,1-3H3,(H,19,22)(H,20,21). The second-order valence-electron chi connectivity index (χ2n) is 5.60. The van der Waals surface area contributed by atoms with Crippen molar-refractivity contribution in [3.05, 3.63) is 57.3 Å². The number of hydrogen-bond acceptors (Lipinski definition) is 4. The lowest BCUT2D eigenvalue weighted by molar-refractivity contribution is -0.115. The maximum Gasteiger partial charge on any atom is 0.271 e. The first kappa shape index (κ1) is 18.8. The summed E-state index contributed by atoms with van der Waals surface area (Å²) in [5, 5.41) is 2.35. The smallest absolute Gasteiger partial charge is 0.271 e. The van der Waals surface area contributed by atoms with Crippen molar-refractivity contribution in [2.75, 3.05) is 11.9 Å². The summed E-state index contributed by atoms with van der Waals surface area (Å²) in [6.45, 7) is 4.36. The van der Waals surface area contributed by atoms with Gasteiger partial charge in [-0.25, -0.2) is 17.5 Å². The second-order valence-corrected chi connectivity index (χ2v) is 7.37. The van der Waals surface area contributed by atoms with E-state index in [1.807, 2.05) is 0 Å². The molecule has 1 heterocycles. The molecule has 0 aliphatic carbocycles. The monoisotopic (exact) mass is 367 g/mol. The molecule has 1 aromatic heterocycles. The van der Waals surface area contributed by atoms with Crippen molar-refractivity contribution in [3.8, 4) is 0 Å². The Labute approximate surface area is 144 Å². The fraction of sp³-hybridized carbons (Fsp3) is 0.250. The van der Waals surface area contributed by atoms with E-state index in [1.165, 1.54) is 19.1 Å². The lowest BCUT2D eigenvalue weighted by atomic mass is 10.2. The van der Waals surface area contributed by atoms with Crippen molar-refractivity contribution >= 4 is 21.6 Å². The number of pyridine rings is 1. The molecule has 1 amide bonds. The molecule has 0 aliphatic heterocycles. The molecule has 7 nitrogen and oxygen atoms in total. The van der Waals surface area contributed by atoms with E-state index in [0.717, 1.165) is 17.7 Å². The third-order valence-electron chi connectivity index (χ3n) is 3.63. The van der Waals surface area contributed by atoms with Crippen LogP contribution in [0.3, 0.4) is 0 Å². The number of nitrogens with one attached hydrogen (secondary N) is 3. The minimum atomic E-state index is -3.98. The summed E-state index contributed by atoms with van der Waals surface area (Å²) in [5.74, 6) is -1.22. The van der Waals surface area contributed by atoms with Gasteiger partial charge >= 0.3 is 0 Å². The second kappa shape index (κ2) is 7.16. The number of aromatic nitrogens is 1. The van der Waals surface area contributed by atoms with E-state index < -0.39 is 33.9 Å². The van der Waals surface area contributed by atoms with Gasteiger partial charge < -0.3 is 10.3 Å². The van der Waals surface area contributed by atoms with Crippen molar-refractivity contribution < 1.29 is 17.6 Å². The highest BCUT2D eigenvalue weighted by atomic mass is 32.2. The number of amides is 1. The number of anilines is 1. The summed E-state index contributed by atoms with van der Waals surface area (Å²) in [5.41, 5.74) is 1.18. The fourth-order valence-corrected chi connectivity index (χ4v) is 3.11. The highest BCUT2D eigenvalue weighted by molar-refractivity contribution is 7.89. The zero-order valence-corrected chi connectivity index (χ0v) is 14.8. The van der Waals surface area contributed by atoms with E-state index in [9.17, 15) is 22.4 Å². The molecule has 0 saturated heterocycles. The molecule has 1 aromatic carbocycles. The summed E-state index contributed by atoms with van der Waals surface area (Å²) in [6.07, 6.45) is 0. The number of sulfonamides is 1. The van der Waals surface area contributed by atoms with Crippen LogP contribution < -0.4 is 15.6 Å². The predicted octanol–water partition coefficient (Wildman–Crippen LogP) is 1.36.